The zero-order chi connectivity index (χ0) is 13.1. The van der Waals surface area contributed by atoms with Crippen molar-refractivity contribution in [2.24, 2.45) is 0 Å². The molecule has 1 amide bonds. The quantitative estimate of drug-likeness (QED) is 0.827. The van der Waals surface area contributed by atoms with E-state index in [2.05, 4.69) is 5.32 Å². The van der Waals surface area contributed by atoms with Crippen LogP contribution in [0.5, 0.6) is 0 Å². The molecule has 0 saturated carbocycles. The van der Waals surface area contributed by atoms with E-state index in [0.29, 0.717) is 28.6 Å². The number of amides is 1. The summed E-state index contributed by atoms with van der Waals surface area (Å²) in [6.07, 6.45) is 2.34. The van der Waals surface area contributed by atoms with Gasteiger partial charge in [0.15, 0.2) is 0 Å². The molecule has 1 atom stereocenters. The predicted octanol–water partition coefficient (Wildman–Crippen LogP) is 2.34. The molecule has 1 fully saturated rings. The molecule has 98 valence electrons. The number of carbonyl (C=O) groups is 1. The lowest BCUT2D eigenvalue weighted by molar-refractivity contribution is 0.0953. The van der Waals surface area contributed by atoms with Crippen LogP contribution in [-0.4, -0.2) is 23.5 Å². The molecule has 1 saturated heterocycles. The molecule has 0 bridgehead atoms. The monoisotopic (exact) mass is 268 g/mol. The van der Waals surface area contributed by atoms with Crippen LogP contribution in [0, 0.1) is 12.7 Å². The first-order chi connectivity index (χ1) is 8.58. The number of hydrogen-bond acceptors (Lipinski definition) is 3. The maximum Gasteiger partial charge on any atom is 0.251 e. The molecule has 0 aliphatic carbocycles. The van der Waals surface area contributed by atoms with Gasteiger partial charge in [-0.05, 0) is 37.7 Å². The Morgan fingerprint density at radius 2 is 2.39 bits per heavy atom. The van der Waals surface area contributed by atoms with Gasteiger partial charge in [0.25, 0.3) is 5.91 Å². The Morgan fingerprint density at radius 3 is 3.00 bits per heavy atom. The molecule has 18 heavy (non-hydrogen) atoms. The molecular formula is C13H17FN2OS. The number of nitrogen functional groups attached to an aromatic ring is 1. The van der Waals surface area contributed by atoms with E-state index in [1.807, 2.05) is 11.8 Å². The van der Waals surface area contributed by atoms with Gasteiger partial charge in [0.05, 0.1) is 0 Å². The highest BCUT2D eigenvalue weighted by atomic mass is 32.2. The van der Waals surface area contributed by atoms with Gasteiger partial charge in [-0.15, -0.1) is 0 Å². The van der Waals surface area contributed by atoms with Crippen molar-refractivity contribution in [3.05, 3.63) is 29.1 Å². The number of halogens is 1. The molecule has 1 aliphatic rings. The summed E-state index contributed by atoms with van der Waals surface area (Å²) in [5.74, 6) is 0.468. The summed E-state index contributed by atoms with van der Waals surface area (Å²) < 4.78 is 13.5. The second kappa shape index (κ2) is 5.61. The summed E-state index contributed by atoms with van der Waals surface area (Å²) in [4.78, 5) is 11.9. The molecule has 1 aromatic rings. The van der Waals surface area contributed by atoms with E-state index in [9.17, 15) is 9.18 Å². The second-order valence-corrected chi connectivity index (χ2v) is 5.93. The number of thioether (sulfide) groups is 1. The molecule has 1 unspecified atom stereocenters. The smallest absolute Gasteiger partial charge is 0.251 e. The average Bonchev–Trinajstić information content (AvgIpc) is 2.85. The predicted molar refractivity (Wildman–Crippen MR) is 73.4 cm³/mol. The van der Waals surface area contributed by atoms with Gasteiger partial charge in [0, 0.05) is 28.6 Å². The lowest BCUT2D eigenvalue weighted by Gasteiger charge is -2.11. The molecule has 1 aliphatic heterocycles. The number of benzene rings is 1. The van der Waals surface area contributed by atoms with Crippen molar-refractivity contribution in [2.75, 3.05) is 18.0 Å². The van der Waals surface area contributed by atoms with Gasteiger partial charge in [-0.2, -0.15) is 11.8 Å². The summed E-state index contributed by atoms with van der Waals surface area (Å²) in [6.45, 7) is 2.24. The van der Waals surface area contributed by atoms with Crippen LogP contribution < -0.4 is 11.1 Å². The zero-order valence-corrected chi connectivity index (χ0v) is 11.1. The summed E-state index contributed by atoms with van der Waals surface area (Å²) in [6, 6.07) is 2.76. The van der Waals surface area contributed by atoms with Crippen molar-refractivity contribution < 1.29 is 9.18 Å². The van der Waals surface area contributed by atoms with Crippen molar-refractivity contribution in [2.45, 2.75) is 25.0 Å². The summed E-state index contributed by atoms with van der Waals surface area (Å²) >= 11 is 1.87. The number of nitrogens with two attached hydrogens (primary N) is 1. The minimum absolute atomic E-state index is 0.256. The highest BCUT2D eigenvalue weighted by molar-refractivity contribution is 8.00. The lowest BCUT2D eigenvalue weighted by Crippen LogP contribution is -2.29. The molecule has 0 aromatic heterocycles. The Hall–Kier alpha value is -1.23. The van der Waals surface area contributed by atoms with E-state index in [1.54, 1.807) is 6.92 Å². The highest BCUT2D eigenvalue weighted by Crippen LogP contribution is 2.25. The molecule has 3 nitrogen and oxygen atoms in total. The Morgan fingerprint density at radius 1 is 1.61 bits per heavy atom. The van der Waals surface area contributed by atoms with Crippen molar-refractivity contribution >= 4 is 23.4 Å². The molecule has 5 heteroatoms. The van der Waals surface area contributed by atoms with Crippen LogP contribution >= 0.6 is 11.8 Å². The van der Waals surface area contributed by atoms with Crippen LogP contribution in [0.2, 0.25) is 0 Å². The summed E-state index contributed by atoms with van der Waals surface area (Å²) in [5, 5.41) is 3.32. The van der Waals surface area contributed by atoms with E-state index in [0.717, 1.165) is 12.2 Å². The lowest BCUT2D eigenvalue weighted by atomic mass is 10.1. The molecular weight excluding hydrogens is 251 g/mol. The molecule has 3 N–H and O–H groups in total. The first-order valence-electron chi connectivity index (χ1n) is 6.03. The highest BCUT2D eigenvalue weighted by Gasteiger charge is 2.17. The van der Waals surface area contributed by atoms with Crippen LogP contribution in [0.15, 0.2) is 12.1 Å². The van der Waals surface area contributed by atoms with Crippen molar-refractivity contribution in [1.29, 1.82) is 0 Å². The van der Waals surface area contributed by atoms with Crippen LogP contribution in [0.3, 0.4) is 0 Å². The first kappa shape index (κ1) is 13.2. The van der Waals surface area contributed by atoms with E-state index >= 15 is 0 Å². The van der Waals surface area contributed by atoms with Gasteiger partial charge in [-0.25, -0.2) is 4.39 Å². The van der Waals surface area contributed by atoms with E-state index in [-0.39, 0.29) is 5.91 Å². The summed E-state index contributed by atoms with van der Waals surface area (Å²) in [5.41, 5.74) is 6.65. The third kappa shape index (κ3) is 2.96. The van der Waals surface area contributed by atoms with Crippen LogP contribution in [0.4, 0.5) is 10.1 Å². The first-order valence-corrected chi connectivity index (χ1v) is 7.08. The number of carbonyl (C=O) groups excluding carboxylic acids is 1. The van der Waals surface area contributed by atoms with Gasteiger partial charge in [0.2, 0.25) is 0 Å². The molecule has 1 aromatic carbocycles. The van der Waals surface area contributed by atoms with Gasteiger partial charge in [-0.1, -0.05) is 0 Å². The molecule has 2 rings (SSSR count). The number of rotatable bonds is 3. The van der Waals surface area contributed by atoms with Crippen LogP contribution in [0.25, 0.3) is 0 Å². The Bertz CT molecular complexity index is 435. The third-order valence-electron chi connectivity index (χ3n) is 3.16. The fourth-order valence-corrected chi connectivity index (χ4v) is 3.15. The number of anilines is 1. The maximum atomic E-state index is 13.5. The van der Waals surface area contributed by atoms with Crippen LogP contribution in [0.1, 0.15) is 28.8 Å². The van der Waals surface area contributed by atoms with Crippen molar-refractivity contribution in [3.8, 4) is 0 Å². The second-order valence-electron chi connectivity index (χ2n) is 4.52. The minimum Gasteiger partial charge on any atom is -0.398 e. The van der Waals surface area contributed by atoms with Gasteiger partial charge in [-0.3, -0.25) is 4.79 Å². The fraction of sp³-hybridized carbons (Fsp3) is 0.462. The summed E-state index contributed by atoms with van der Waals surface area (Å²) in [7, 11) is 0. The average molecular weight is 268 g/mol. The minimum atomic E-state index is -0.435. The van der Waals surface area contributed by atoms with Crippen molar-refractivity contribution in [1.82, 2.24) is 5.32 Å². The Kier molecular flexibility index (Phi) is 4.11. The van der Waals surface area contributed by atoms with Crippen LogP contribution in [-0.2, 0) is 0 Å². The van der Waals surface area contributed by atoms with E-state index in [1.165, 1.54) is 18.6 Å². The SMILES string of the molecule is Cc1c(N)cc(C(=O)NCC2CCCS2)cc1F. The fourth-order valence-electron chi connectivity index (χ4n) is 1.95. The Balaban J connectivity index is 2.00. The topological polar surface area (TPSA) is 55.1 Å². The van der Waals surface area contributed by atoms with Gasteiger partial charge < -0.3 is 11.1 Å². The molecule has 1 heterocycles. The number of hydrogen-bond donors (Lipinski definition) is 2. The zero-order valence-electron chi connectivity index (χ0n) is 10.3. The maximum absolute atomic E-state index is 13.5. The van der Waals surface area contributed by atoms with Gasteiger partial charge >= 0.3 is 0 Å². The standard InChI is InChI=1S/C13H17FN2OS/c1-8-11(14)5-9(6-12(8)15)13(17)16-7-10-3-2-4-18-10/h5-6,10H,2-4,7,15H2,1H3,(H,16,17). The van der Waals surface area contributed by atoms with Gasteiger partial charge in [0.1, 0.15) is 5.82 Å². The molecule has 0 radical (unpaired) electrons. The number of nitrogens with one attached hydrogen (secondary N) is 1. The normalized spacial score (nSPS) is 18.9. The third-order valence-corrected chi connectivity index (χ3v) is 4.56. The van der Waals surface area contributed by atoms with E-state index in [4.69, 9.17) is 5.73 Å². The van der Waals surface area contributed by atoms with Crippen molar-refractivity contribution in [3.63, 3.8) is 0 Å². The van der Waals surface area contributed by atoms with E-state index < -0.39 is 5.82 Å². The largest absolute Gasteiger partial charge is 0.398 e. The molecule has 0 spiro atoms. The Labute approximate surface area is 110 Å².